The van der Waals surface area contributed by atoms with E-state index in [9.17, 15) is 4.79 Å². The van der Waals surface area contributed by atoms with Crippen LogP contribution >= 0.6 is 0 Å². The SMILES string of the molecule is O=C(N/N=C\c1ccco1)c1ccc(CN2CCN(Cc3ccccc3)CC2)cc1. The summed E-state index contributed by atoms with van der Waals surface area (Å²) in [5.74, 6) is 0.355. The Morgan fingerprint density at radius 3 is 2.10 bits per heavy atom. The quantitative estimate of drug-likeness (QED) is 0.486. The first kappa shape index (κ1) is 20.1. The zero-order valence-corrected chi connectivity index (χ0v) is 16.9. The first-order valence-electron chi connectivity index (χ1n) is 10.2. The maximum absolute atomic E-state index is 12.2. The van der Waals surface area contributed by atoms with Gasteiger partial charge in [0.1, 0.15) is 5.76 Å². The highest BCUT2D eigenvalue weighted by atomic mass is 16.3. The van der Waals surface area contributed by atoms with E-state index in [-0.39, 0.29) is 5.91 Å². The molecule has 0 unspecified atom stereocenters. The summed E-state index contributed by atoms with van der Waals surface area (Å²) in [4.78, 5) is 17.2. The zero-order chi connectivity index (χ0) is 20.6. The van der Waals surface area contributed by atoms with E-state index in [1.54, 1.807) is 18.4 Å². The first-order valence-corrected chi connectivity index (χ1v) is 10.2. The van der Waals surface area contributed by atoms with Gasteiger partial charge in [-0.1, -0.05) is 42.5 Å². The van der Waals surface area contributed by atoms with Crippen molar-refractivity contribution >= 4 is 12.1 Å². The molecule has 0 saturated carbocycles. The fourth-order valence-electron chi connectivity index (χ4n) is 3.55. The van der Waals surface area contributed by atoms with Gasteiger partial charge in [-0.25, -0.2) is 5.43 Å². The van der Waals surface area contributed by atoms with E-state index in [1.807, 2.05) is 24.3 Å². The third-order valence-electron chi connectivity index (χ3n) is 5.24. The van der Waals surface area contributed by atoms with E-state index in [4.69, 9.17) is 4.42 Å². The zero-order valence-electron chi connectivity index (χ0n) is 16.9. The number of carbonyl (C=O) groups excluding carboxylic acids is 1. The standard InChI is InChI=1S/C24H26N4O2/c29-24(26-25-17-23-7-4-16-30-23)22-10-8-21(9-11-22)19-28-14-12-27(13-15-28)18-20-5-2-1-3-6-20/h1-11,16-17H,12-15,18-19H2,(H,26,29)/b25-17-. The maximum atomic E-state index is 12.2. The molecule has 2 aromatic carbocycles. The van der Waals surface area contributed by atoms with Crippen molar-refractivity contribution in [3.05, 3.63) is 95.4 Å². The van der Waals surface area contributed by atoms with Crippen LogP contribution in [0.15, 0.2) is 82.5 Å². The number of hydrogen-bond donors (Lipinski definition) is 1. The molecule has 4 rings (SSSR count). The Balaban J connectivity index is 1.22. The Bertz CT molecular complexity index is 945. The lowest BCUT2D eigenvalue weighted by atomic mass is 10.1. The molecule has 0 aliphatic carbocycles. The Kier molecular flexibility index (Phi) is 6.69. The molecule has 30 heavy (non-hydrogen) atoms. The van der Waals surface area contributed by atoms with Gasteiger partial charge in [0.2, 0.25) is 0 Å². The van der Waals surface area contributed by atoms with Crippen LogP contribution in [0, 0.1) is 0 Å². The predicted molar refractivity (Wildman–Crippen MR) is 117 cm³/mol. The molecule has 1 N–H and O–H groups in total. The number of rotatable bonds is 7. The summed E-state index contributed by atoms with van der Waals surface area (Å²) in [6, 6.07) is 21.9. The molecule has 0 radical (unpaired) electrons. The van der Waals surface area contributed by atoms with Crippen molar-refractivity contribution in [2.45, 2.75) is 13.1 Å². The Morgan fingerprint density at radius 2 is 1.50 bits per heavy atom. The topological polar surface area (TPSA) is 61.1 Å². The highest BCUT2D eigenvalue weighted by Crippen LogP contribution is 2.12. The molecule has 1 saturated heterocycles. The van der Waals surface area contributed by atoms with Gasteiger partial charge in [-0.05, 0) is 35.4 Å². The second-order valence-corrected chi connectivity index (χ2v) is 7.45. The van der Waals surface area contributed by atoms with E-state index in [1.165, 1.54) is 17.3 Å². The molecule has 1 fully saturated rings. The van der Waals surface area contributed by atoms with Crippen molar-refractivity contribution < 1.29 is 9.21 Å². The summed E-state index contributed by atoms with van der Waals surface area (Å²) in [6.07, 6.45) is 3.04. The summed E-state index contributed by atoms with van der Waals surface area (Å²) in [7, 11) is 0. The van der Waals surface area contributed by atoms with E-state index in [0.717, 1.165) is 39.3 Å². The largest absolute Gasteiger partial charge is 0.463 e. The summed E-state index contributed by atoms with van der Waals surface area (Å²) < 4.78 is 5.14. The number of nitrogens with one attached hydrogen (secondary N) is 1. The van der Waals surface area contributed by atoms with Gasteiger partial charge in [0.25, 0.3) is 5.91 Å². The third-order valence-corrected chi connectivity index (χ3v) is 5.24. The minimum Gasteiger partial charge on any atom is -0.463 e. The van der Waals surface area contributed by atoms with Gasteiger partial charge in [0.05, 0.1) is 12.5 Å². The second-order valence-electron chi connectivity index (χ2n) is 7.45. The van der Waals surface area contributed by atoms with Gasteiger partial charge >= 0.3 is 0 Å². The van der Waals surface area contributed by atoms with Crippen LogP contribution in [0.4, 0.5) is 0 Å². The summed E-state index contributed by atoms with van der Waals surface area (Å²) >= 11 is 0. The number of nitrogens with zero attached hydrogens (tertiary/aromatic N) is 3. The fraction of sp³-hybridized carbons (Fsp3) is 0.250. The van der Waals surface area contributed by atoms with E-state index in [2.05, 4.69) is 50.7 Å². The highest BCUT2D eigenvalue weighted by molar-refractivity contribution is 5.94. The Morgan fingerprint density at radius 1 is 0.867 bits per heavy atom. The van der Waals surface area contributed by atoms with E-state index < -0.39 is 0 Å². The van der Waals surface area contributed by atoms with Crippen LogP contribution in [0.3, 0.4) is 0 Å². The van der Waals surface area contributed by atoms with Gasteiger partial charge in [-0.15, -0.1) is 0 Å². The molecule has 2 heterocycles. The monoisotopic (exact) mass is 402 g/mol. The van der Waals surface area contributed by atoms with Crippen molar-refractivity contribution in [2.24, 2.45) is 5.10 Å². The van der Waals surface area contributed by atoms with Gasteiger partial charge in [0, 0.05) is 44.8 Å². The van der Waals surface area contributed by atoms with Crippen LogP contribution in [-0.2, 0) is 13.1 Å². The van der Waals surface area contributed by atoms with Gasteiger partial charge in [0.15, 0.2) is 0 Å². The predicted octanol–water partition coefficient (Wildman–Crippen LogP) is 3.36. The van der Waals surface area contributed by atoms with Crippen molar-refractivity contribution in [1.82, 2.24) is 15.2 Å². The van der Waals surface area contributed by atoms with Crippen LogP contribution < -0.4 is 5.43 Å². The Hall–Kier alpha value is -3.22. The van der Waals surface area contributed by atoms with Crippen molar-refractivity contribution in [3.8, 4) is 0 Å². The molecule has 1 amide bonds. The number of amides is 1. The van der Waals surface area contributed by atoms with Gasteiger partial charge in [-0.3, -0.25) is 14.6 Å². The number of hydrogen-bond acceptors (Lipinski definition) is 5. The van der Waals surface area contributed by atoms with Gasteiger partial charge < -0.3 is 4.42 Å². The average Bonchev–Trinajstić information content (AvgIpc) is 3.30. The first-order chi connectivity index (χ1) is 14.8. The van der Waals surface area contributed by atoms with Crippen LogP contribution in [0.2, 0.25) is 0 Å². The molecule has 6 heteroatoms. The third kappa shape index (κ3) is 5.65. The minimum absolute atomic E-state index is 0.237. The molecule has 6 nitrogen and oxygen atoms in total. The molecule has 1 aliphatic rings. The van der Waals surface area contributed by atoms with Crippen molar-refractivity contribution in [2.75, 3.05) is 26.2 Å². The number of furan rings is 1. The van der Waals surface area contributed by atoms with E-state index >= 15 is 0 Å². The number of carbonyl (C=O) groups is 1. The molecule has 0 spiro atoms. The molecule has 1 aliphatic heterocycles. The summed E-state index contributed by atoms with van der Waals surface area (Å²) in [5, 5.41) is 3.91. The maximum Gasteiger partial charge on any atom is 0.271 e. The number of piperazine rings is 1. The lowest BCUT2D eigenvalue weighted by Gasteiger charge is -2.34. The molecule has 154 valence electrons. The summed E-state index contributed by atoms with van der Waals surface area (Å²) in [6.45, 7) is 6.16. The highest BCUT2D eigenvalue weighted by Gasteiger charge is 2.17. The normalized spacial score (nSPS) is 15.5. The smallest absolute Gasteiger partial charge is 0.271 e. The molecule has 0 atom stereocenters. The Labute approximate surface area is 176 Å². The number of hydrazone groups is 1. The van der Waals surface area contributed by atoms with E-state index in [0.29, 0.717) is 11.3 Å². The minimum atomic E-state index is -0.237. The fourth-order valence-corrected chi connectivity index (χ4v) is 3.55. The second kappa shape index (κ2) is 10.0. The van der Waals surface area contributed by atoms with Crippen LogP contribution in [0.1, 0.15) is 27.2 Å². The molecule has 1 aromatic heterocycles. The van der Waals surface area contributed by atoms with Crippen LogP contribution in [0.25, 0.3) is 0 Å². The molecule has 3 aromatic rings. The summed E-state index contributed by atoms with van der Waals surface area (Å²) in [5.41, 5.74) is 5.68. The average molecular weight is 402 g/mol. The van der Waals surface area contributed by atoms with Gasteiger partial charge in [-0.2, -0.15) is 5.10 Å². The lowest BCUT2D eigenvalue weighted by Crippen LogP contribution is -2.45. The molecule has 0 bridgehead atoms. The van der Waals surface area contributed by atoms with Crippen molar-refractivity contribution in [1.29, 1.82) is 0 Å². The van der Waals surface area contributed by atoms with Crippen LogP contribution in [-0.4, -0.2) is 48.1 Å². The molecular weight excluding hydrogens is 376 g/mol. The number of benzene rings is 2. The van der Waals surface area contributed by atoms with Crippen LogP contribution in [0.5, 0.6) is 0 Å². The van der Waals surface area contributed by atoms with Crippen molar-refractivity contribution in [3.63, 3.8) is 0 Å². The lowest BCUT2D eigenvalue weighted by molar-refractivity contribution is 0.0955. The molecular formula is C24H26N4O2.